The number of ether oxygens (including phenoxy) is 1. The lowest BCUT2D eigenvalue weighted by Crippen LogP contribution is -2.60. The van der Waals surface area contributed by atoms with E-state index in [1.165, 1.54) is 5.56 Å². The summed E-state index contributed by atoms with van der Waals surface area (Å²) in [7, 11) is 3.59. The Bertz CT molecular complexity index is 1010. The van der Waals surface area contributed by atoms with Crippen LogP contribution in [0.25, 0.3) is 11.1 Å². The van der Waals surface area contributed by atoms with E-state index in [2.05, 4.69) is 46.3 Å². The zero-order chi connectivity index (χ0) is 21.7. The molecule has 4 rings (SSSR count). The van der Waals surface area contributed by atoms with Gasteiger partial charge in [0, 0.05) is 46.3 Å². The van der Waals surface area contributed by atoms with Crippen LogP contribution < -0.4 is 0 Å². The molecule has 3 aromatic rings. The van der Waals surface area contributed by atoms with Gasteiger partial charge in [0.15, 0.2) is 5.60 Å². The number of hydrogen-bond donors (Lipinski definition) is 0. The first-order valence-electron chi connectivity index (χ1n) is 10.7. The molecule has 5 nitrogen and oxygen atoms in total. The van der Waals surface area contributed by atoms with Crippen LogP contribution >= 0.6 is 0 Å². The third-order valence-corrected chi connectivity index (χ3v) is 5.70. The standard InChI is InChI=1S/C26H29N3O2/c1-28(2)25(30)26(20-29(15-16-31-26)19-24-13-6-7-14-27-24)18-21-9-8-12-23(17-21)22-10-4-3-5-11-22/h3-14,17H,15-16,18-20H2,1-2H3. The third-order valence-electron chi connectivity index (χ3n) is 5.70. The maximum Gasteiger partial charge on any atom is 0.255 e. The first kappa shape index (κ1) is 21.2. The Labute approximate surface area is 184 Å². The van der Waals surface area contributed by atoms with Crippen LogP contribution in [0.5, 0.6) is 0 Å². The molecule has 1 aliphatic heterocycles. The molecule has 5 heteroatoms. The second kappa shape index (κ2) is 9.41. The molecule has 0 bridgehead atoms. The summed E-state index contributed by atoms with van der Waals surface area (Å²) < 4.78 is 6.25. The quantitative estimate of drug-likeness (QED) is 0.617. The normalized spacial score (nSPS) is 19.2. The Hall–Kier alpha value is -3.02. The smallest absolute Gasteiger partial charge is 0.255 e. The molecule has 1 unspecified atom stereocenters. The van der Waals surface area contributed by atoms with Crippen molar-refractivity contribution >= 4 is 5.91 Å². The van der Waals surface area contributed by atoms with Gasteiger partial charge < -0.3 is 9.64 Å². The minimum Gasteiger partial charge on any atom is -0.362 e. The van der Waals surface area contributed by atoms with E-state index in [0.29, 0.717) is 26.1 Å². The average molecular weight is 416 g/mol. The fourth-order valence-corrected chi connectivity index (χ4v) is 4.25. The Morgan fingerprint density at radius 2 is 1.81 bits per heavy atom. The Morgan fingerprint density at radius 3 is 2.55 bits per heavy atom. The predicted octanol–water partition coefficient (Wildman–Crippen LogP) is 3.65. The Kier molecular flexibility index (Phi) is 6.44. The lowest BCUT2D eigenvalue weighted by Gasteiger charge is -2.42. The summed E-state index contributed by atoms with van der Waals surface area (Å²) in [6, 6.07) is 24.7. The van der Waals surface area contributed by atoms with Crippen molar-refractivity contribution in [3.8, 4) is 11.1 Å². The number of carbonyl (C=O) groups excluding carboxylic acids is 1. The molecule has 2 aromatic carbocycles. The van der Waals surface area contributed by atoms with Gasteiger partial charge in [0.05, 0.1) is 12.3 Å². The molecule has 1 amide bonds. The second-order valence-electron chi connectivity index (χ2n) is 8.32. The maximum absolute atomic E-state index is 13.3. The highest BCUT2D eigenvalue weighted by atomic mass is 16.5. The minimum atomic E-state index is -0.911. The highest BCUT2D eigenvalue weighted by molar-refractivity contribution is 5.86. The molecule has 0 aliphatic carbocycles. The number of benzene rings is 2. The molecule has 160 valence electrons. The van der Waals surface area contributed by atoms with Gasteiger partial charge in [-0.1, -0.05) is 60.7 Å². The van der Waals surface area contributed by atoms with E-state index < -0.39 is 5.60 Å². The summed E-state index contributed by atoms with van der Waals surface area (Å²) in [6.45, 7) is 2.54. The summed E-state index contributed by atoms with van der Waals surface area (Å²) in [4.78, 5) is 21.7. The van der Waals surface area contributed by atoms with Crippen LogP contribution in [0.2, 0.25) is 0 Å². The summed E-state index contributed by atoms with van der Waals surface area (Å²) in [5.74, 6) is 0.00309. The summed E-state index contributed by atoms with van der Waals surface area (Å²) in [5.41, 5.74) is 3.49. The largest absolute Gasteiger partial charge is 0.362 e. The van der Waals surface area contributed by atoms with Crippen molar-refractivity contribution < 1.29 is 9.53 Å². The van der Waals surface area contributed by atoms with Gasteiger partial charge in [-0.25, -0.2) is 0 Å². The van der Waals surface area contributed by atoms with E-state index in [1.807, 2.05) is 42.6 Å². The van der Waals surface area contributed by atoms with Crippen molar-refractivity contribution in [2.75, 3.05) is 33.8 Å². The number of aromatic nitrogens is 1. The molecule has 31 heavy (non-hydrogen) atoms. The van der Waals surface area contributed by atoms with Gasteiger partial charge in [-0.3, -0.25) is 14.7 Å². The zero-order valence-electron chi connectivity index (χ0n) is 18.2. The number of hydrogen-bond acceptors (Lipinski definition) is 4. The van der Waals surface area contributed by atoms with Crippen LogP contribution in [0.4, 0.5) is 0 Å². The molecule has 1 fully saturated rings. The summed E-state index contributed by atoms with van der Waals surface area (Å²) >= 11 is 0. The highest BCUT2D eigenvalue weighted by Gasteiger charge is 2.44. The van der Waals surface area contributed by atoms with Crippen molar-refractivity contribution in [2.24, 2.45) is 0 Å². The van der Waals surface area contributed by atoms with Gasteiger partial charge in [0.1, 0.15) is 0 Å². The van der Waals surface area contributed by atoms with Crippen molar-refractivity contribution in [3.63, 3.8) is 0 Å². The monoisotopic (exact) mass is 415 g/mol. The third kappa shape index (κ3) is 5.01. The molecule has 0 radical (unpaired) electrons. The lowest BCUT2D eigenvalue weighted by atomic mass is 9.89. The van der Waals surface area contributed by atoms with Crippen LogP contribution in [0, 0.1) is 0 Å². The number of likely N-dealkylation sites (N-methyl/N-ethyl adjacent to an activating group) is 1. The SMILES string of the molecule is CN(C)C(=O)C1(Cc2cccc(-c3ccccc3)c2)CN(Cc2ccccn2)CCO1. The molecule has 1 aromatic heterocycles. The molecule has 1 aliphatic rings. The van der Waals surface area contributed by atoms with E-state index in [9.17, 15) is 4.79 Å². The number of carbonyl (C=O) groups is 1. The minimum absolute atomic E-state index is 0.00309. The van der Waals surface area contributed by atoms with Gasteiger partial charge in [-0.05, 0) is 28.8 Å². The summed E-state index contributed by atoms with van der Waals surface area (Å²) in [5, 5.41) is 0. The Morgan fingerprint density at radius 1 is 1.03 bits per heavy atom. The van der Waals surface area contributed by atoms with Crippen LogP contribution in [-0.2, 0) is 22.5 Å². The Balaban J connectivity index is 1.60. The molecular weight excluding hydrogens is 386 g/mol. The molecule has 0 spiro atoms. The van der Waals surface area contributed by atoms with E-state index in [4.69, 9.17) is 4.74 Å². The van der Waals surface area contributed by atoms with Crippen LogP contribution in [0.1, 0.15) is 11.3 Å². The fourth-order valence-electron chi connectivity index (χ4n) is 4.25. The van der Waals surface area contributed by atoms with Crippen molar-refractivity contribution in [3.05, 3.63) is 90.3 Å². The number of pyridine rings is 1. The molecule has 1 atom stereocenters. The van der Waals surface area contributed by atoms with Gasteiger partial charge in [0.25, 0.3) is 5.91 Å². The number of amides is 1. The number of rotatable bonds is 6. The summed E-state index contributed by atoms with van der Waals surface area (Å²) in [6.07, 6.45) is 2.34. The second-order valence-corrected chi connectivity index (χ2v) is 8.32. The van der Waals surface area contributed by atoms with Crippen molar-refractivity contribution in [1.29, 1.82) is 0 Å². The maximum atomic E-state index is 13.3. The molecule has 1 saturated heterocycles. The van der Waals surface area contributed by atoms with E-state index >= 15 is 0 Å². The van der Waals surface area contributed by atoms with Crippen LogP contribution in [-0.4, -0.2) is 60.1 Å². The zero-order valence-corrected chi connectivity index (χ0v) is 18.2. The van der Waals surface area contributed by atoms with Gasteiger partial charge in [-0.2, -0.15) is 0 Å². The molecule has 0 N–H and O–H groups in total. The van der Waals surface area contributed by atoms with E-state index in [-0.39, 0.29) is 5.91 Å². The van der Waals surface area contributed by atoms with Crippen molar-refractivity contribution in [2.45, 2.75) is 18.6 Å². The number of nitrogens with zero attached hydrogens (tertiary/aromatic N) is 3. The van der Waals surface area contributed by atoms with Gasteiger partial charge in [0.2, 0.25) is 0 Å². The van der Waals surface area contributed by atoms with Gasteiger partial charge in [-0.15, -0.1) is 0 Å². The first-order chi connectivity index (χ1) is 15.1. The molecule has 2 heterocycles. The van der Waals surface area contributed by atoms with E-state index in [1.54, 1.807) is 19.0 Å². The van der Waals surface area contributed by atoms with Gasteiger partial charge >= 0.3 is 0 Å². The molecular formula is C26H29N3O2. The van der Waals surface area contributed by atoms with Crippen LogP contribution in [0.15, 0.2) is 79.0 Å². The topological polar surface area (TPSA) is 45.7 Å². The highest BCUT2D eigenvalue weighted by Crippen LogP contribution is 2.28. The first-order valence-corrected chi connectivity index (χ1v) is 10.7. The lowest BCUT2D eigenvalue weighted by molar-refractivity contribution is -0.169. The van der Waals surface area contributed by atoms with Crippen LogP contribution in [0.3, 0.4) is 0 Å². The number of morpholine rings is 1. The average Bonchev–Trinajstić information content (AvgIpc) is 2.80. The molecule has 0 saturated carbocycles. The van der Waals surface area contributed by atoms with Crippen molar-refractivity contribution in [1.82, 2.24) is 14.8 Å². The van der Waals surface area contributed by atoms with E-state index in [0.717, 1.165) is 23.4 Å². The predicted molar refractivity (Wildman–Crippen MR) is 122 cm³/mol. The fraction of sp³-hybridized carbons (Fsp3) is 0.308.